The number of rotatable bonds is 12. The van der Waals surface area contributed by atoms with Crippen LogP contribution in [-0.2, 0) is 28.9 Å². The summed E-state index contributed by atoms with van der Waals surface area (Å²) in [4.78, 5) is 16.8. The summed E-state index contributed by atoms with van der Waals surface area (Å²) in [5.41, 5.74) is 3.67. The number of carbonyl (C=O) groups is 1. The van der Waals surface area contributed by atoms with Crippen molar-refractivity contribution in [3.05, 3.63) is 75.8 Å². The molecule has 0 bridgehead atoms. The van der Waals surface area contributed by atoms with E-state index in [2.05, 4.69) is 41.8 Å². The number of hydrogen-bond donors (Lipinski definition) is 1. The van der Waals surface area contributed by atoms with Gasteiger partial charge in [-0.05, 0) is 61.1 Å². The summed E-state index contributed by atoms with van der Waals surface area (Å²) in [5.74, 6) is 1.20. The molecule has 0 unspecified atom stereocenters. The van der Waals surface area contributed by atoms with Crippen LogP contribution in [0.15, 0.2) is 47.4 Å². The van der Waals surface area contributed by atoms with Crippen LogP contribution in [0.1, 0.15) is 73.7 Å². The van der Waals surface area contributed by atoms with Crippen LogP contribution in [0.4, 0.5) is 0 Å². The van der Waals surface area contributed by atoms with Crippen molar-refractivity contribution in [2.75, 3.05) is 6.61 Å². The van der Waals surface area contributed by atoms with Crippen molar-refractivity contribution in [2.45, 2.75) is 81.4 Å². The molecular weight excluding hydrogens is 518 g/mol. The van der Waals surface area contributed by atoms with Gasteiger partial charge in [0.2, 0.25) is 0 Å². The lowest BCUT2D eigenvalue weighted by Gasteiger charge is -2.21. The van der Waals surface area contributed by atoms with Crippen LogP contribution >= 0.6 is 23.4 Å². The van der Waals surface area contributed by atoms with E-state index in [0.29, 0.717) is 23.2 Å². The van der Waals surface area contributed by atoms with E-state index < -0.39 is 5.97 Å². The van der Waals surface area contributed by atoms with Gasteiger partial charge < -0.3 is 14.4 Å². The van der Waals surface area contributed by atoms with E-state index in [4.69, 9.17) is 26.4 Å². The maximum absolute atomic E-state index is 10.8. The van der Waals surface area contributed by atoms with Crippen LogP contribution in [0, 0.1) is 18.3 Å². The Morgan fingerprint density at radius 3 is 2.61 bits per heavy atom. The number of aromatic nitrogens is 2. The average molecular weight is 552 g/mol. The first-order valence-electron chi connectivity index (χ1n) is 13.2. The monoisotopic (exact) mass is 551 g/mol. The van der Waals surface area contributed by atoms with Crippen molar-refractivity contribution in [1.82, 2.24) is 9.55 Å². The molecule has 1 aromatic heterocycles. The molecule has 0 saturated heterocycles. The number of imidazole rings is 1. The van der Waals surface area contributed by atoms with E-state index >= 15 is 0 Å². The number of aliphatic carboxylic acids is 1. The summed E-state index contributed by atoms with van der Waals surface area (Å²) in [6.07, 6.45) is 7.10. The van der Waals surface area contributed by atoms with Crippen LogP contribution in [0.5, 0.6) is 5.75 Å². The Labute approximate surface area is 234 Å². The zero-order valence-corrected chi connectivity index (χ0v) is 23.6. The molecule has 1 aliphatic rings. The number of unbranched alkanes of at least 4 members (excludes halogenated alkanes) is 1. The molecule has 0 spiro atoms. The molecule has 8 heteroatoms. The van der Waals surface area contributed by atoms with Crippen LogP contribution < -0.4 is 4.74 Å². The van der Waals surface area contributed by atoms with Gasteiger partial charge in [0.25, 0.3) is 0 Å². The third-order valence-corrected chi connectivity index (χ3v) is 8.62. The predicted octanol–water partition coefficient (Wildman–Crippen LogP) is 7.33. The second kappa shape index (κ2) is 12.7. The number of carboxylic acids is 1. The summed E-state index contributed by atoms with van der Waals surface area (Å²) < 4.78 is 7.45. The van der Waals surface area contributed by atoms with E-state index in [1.54, 1.807) is 17.8 Å². The number of halogens is 1. The Morgan fingerprint density at radius 1 is 1.24 bits per heavy atom. The minimum absolute atomic E-state index is 0.333. The second-order valence-corrected chi connectivity index (χ2v) is 11.4. The van der Waals surface area contributed by atoms with Gasteiger partial charge in [-0.1, -0.05) is 62.1 Å². The molecule has 1 fully saturated rings. The number of aryl methyl sites for hydroxylation is 2. The molecule has 0 amide bonds. The van der Waals surface area contributed by atoms with Crippen molar-refractivity contribution in [3.8, 4) is 11.8 Å². The lowest BCUT2D eigenvalue weighted by Crippen LogP contribution is -2.19. The predicted molar refractivity (Wildman–Crippen MR) is 151 cm³/mol. The van der Waals surface area contributed by atoms with E-state index in [1.165, 1.54) is 0 Å². The lowest BCUT2D eigenvalue weighted by molar-refractivity contribution is -0.139. The van der Waals surface area contributed by atoms with Crippen LogP contribution in [-0.4, -0.2) is 27.2 Å². The fraction of sp³-hybridized carbons (Fsp3) is 0.433. The Hall–Kier alpha value is -2.95. The van der Waals surface area contributed by atoms with Gasteiger partial charge in [0, 0.05) is 17.1 Å². The van der Waals surface area contributed by atoms with Gasteiger partial charge in [-0.25, -0.2) is 9.78 Å². The van der Waals surface area contributed by atoms with E-state index in [9.17, 15) is 10.1 Å². The molecule has 1 N–H and O–H groups in total. The molecule has 2 aromatic carbocycles. The number of hydrogen-bond acceptors (Lipinski definition) is 5. The van der Waals surface area contributed by atoms with Gasteiger partial charge >= 0.3 is 5.97 Å². The normalized spacial score (nSPS) is 14.4. The van der Waals surface area contributed by atoms with Gasteiger partial charge in [-0.15, -0.1) is 11.8 Å². The molecule has 1 saturated carbocycles. The molecule has 1 heterocycles. The third kappa shape index (κ3) is 6.54. The first-order valence-corrected chi connectivity index (χ1v) is 14.5. The van der Waals surface area contributed by atoms with Gasteiger partial charge in [-0.3, -0.25) is 0 Å². The van der Waals surface area contributed by atoms with Gasteiger partial charge in [0.15, 0.2) is 6.61 Å². The van der Waals surface area contributed by atoms with Crippen LogP contribution in [0.25, 0.3) is 0 Å². The zero-order valence-electron chi connectivity index (χ0n) is 22.0. The van der Waals surface area contributed by atoms with Gasteiger partial charge in [0.1, 0.15) is 16.7 Å². The number of thioether (sulfide) groups is 1. The summed E-state index contributed by atoms with van der Waals surface area (Å²) in [5, 5.41) is 19.3. The quantitative estimate of drug-likeness (QED) is 0.237. The molecule has 0 aliphatic heterocycles. The molecule has 0 radical (unpaired) electrons. The van der Waals surface area contributed by atoms with Crippen molar-refractivity contribution in [3.63, 3.8) is 0 Å². The molecule has 200 valence electrons. The Bertz CT molecular complexity index is 1310. The van der Waals surface area contributed by atoms with Crippen molar-refractivity contribution < 1.29 is 14.6 Å². The van der Waals surface area contributed by atoms with Crippen LogP contribution in [0.3, 0.4) is 0 Å². The van der Waals surface area contributed by atoms with Crippen molar-refractivity contribution in [1.29, 1.82) is 5.26 Å². The number of nitrogens with zero attached hydrogens (tertiary/aromatic N) is 3. The Morgan fingerprint density at radius 2 is 1.97 bits per heavy atom. The maximum Gasteiger partial charge on any atom is 0.341 e. The molecular formula is C30H34ClN3O3S. The fourth-order valence-electron chi connectivity index (χ4n) is 5.03. The highest BCUT2D eigenvalue weighted by Crippen LogP contribution is 2.40. The Balaban J connectivity index is 1.49. The number of benzene rings is 2. The SMILES string of the molecule is CCCCc1nc(CSc2ccc(OCC(=O)O)c(C)c2)c(Cl)n1Cc1ccc(C2(C#N)CCCC2)cc1. The maximum atomic E-state index is 10.8. The van der Waals surface area contributed by atoms with Crippen molar-refractivity contribution in [2.24, 2.45) is 0 Å². The molecule has 38 heavy (non-hydrogen) atoms. The summed E-state index contributed by atoms with van der Waals surface area (Å²) >= 11 is 8.54. The highest BCUT2D eigenvalue weighted by atomic mass is 35.5. The minimum atomic E-state index is -0.997. The first kappa shape index (κ1) is 28.1. The fourth-order valence-corrected chi connectivity index (χ4v) is 6.30. The topological polar surface area (TPSA) is 88.1 Å². The summed E-state index contributed by atoms with van der Waals surface area (Å²) in [6.45, 7) is 4.36. The number of nitriles is 1. The highest BCUT2D eigenvalue weighted by molar-refractivity contribution is 7.98. The first-order chi connectivity index (χ1) is 18.3. The largest absolute Gasteiger partial charge is 0.482 e. The Kier molecular flexibility index (Phi) is 9.40. The molecule has 4 rings (SSSR count). The number of ether oxygens (including phenoxy) is 1. The van der Waals surface area contributed by atoms with Gasteiger partial charge in [-0.2, -0.15) is 5.26 Å². The molecule has 0 atom stereocenters. The standard InChI is InChI=1S/C30H34ClN3O3S/c1-3-4-7-27-33-25(19-38-24-12-13-26(21(2)16-24)37-18-28(35)36)29(31)34(27)17-22-8-10-23(11-9-22)30(20-32)14-5-6-15-30/h8-13,16H,3-7,14-15,17-19H2,1-2H3,(H,35,36). The van der Waals surface area contributed by atoms with E-state index in [-0.39, 0.29) is 12.0 Å². The molecule has 6 nitrogen and oxygen atoms in total. The third-order valence-electron chi connectivity index (χ3n) is 7.20. The van der Waals surface area contributed by atoms with E-state index in [1.807, 2.05) is 19.1 Å². The zero-order chi connectivity index (χ0) is 27.1. The average Bonchev–Trinajstić information content (AvgIpc) is 3.52. The number of carboxylic acid groups (broad SMARTS) is 1. The summed E-state index contributed by atoms with van der Waals surface area (Å²) in [7, 11) is 0. The smallest absolute Gasteiger partial charge is 0.341 e. The van der Waals surface area contributed by atoms with Crippen LogP contribution in [0.2, 0.25) is 5.15 Å². The molecule has 3 aromatic rings. The minimum Gasteiger partial charge on any atom is -0.482 e. The second-order valence-electron chi connectivity index (χ2n) is 9.95. The highest BCUT2D eigenvalue weighted by Gasteiger charge is 2.35. The molecule has 1 aliphatic carbocycles. The van der Waals surface area contributed by atoms with Crippen molar-refractivity contribution >= 4 is 29.3 Å². The van der Waals surface area contributed by atoms with E-state index in [0.717, 1.165) is 78.0 Å². The van der Waals surface area contributed by atoms with Gasteiger partial charge in [0.05, 0.1) is 23.7 Å². The lowest BCUT2D eigenvalue weighted by atomic mass is 9.80. The summed E-state index contributed by atoms with van der Waals surface area (Å²) in [6, 6.07) is 16.8.